The molecule has 2 rings (SSSR count). The summed E-state index contributed by atoms with van der Waals surface area (Å²) in [7, 11) is -3.90. The molecule has 1 fully saturated rings. The highest BCUT2D eigenvalue weighted by Crippen LogP contribution is 2.14. The van der Waals surface area contributed by atoms with Gasteiger partial charge in [-0.25, -0.2) is 13.2 Å². The van der Waals surface area contributed by atoms with E-state index in [4.69, 9.17) is 0 Å². The Labute approximate surface area is 109 Å². The van der Waals surface area contributed by atoms with Crippen molar-refractivity contribution in [2.45, 2.75) is 30.8 Å². The number of sulfonamides is 1. The quantitative estimate of drug-likeness (QED) is 0.608. The third-order valence-corrected chi connectivity index (χ3v) is 4.76. The molecule has 9 heteroatoms. The molecule has 8 nitrogen and oxygen atoms in total. The number of nitrogens with one attached hydrogen (secondary N) is 3. The monoisotopic (exact) mass is 288 g/mol. The van der Waals surface area contributed by atoms with Crippen LogP contribution in [0.5, 0.6) is 0 Å². The summed E-state index contributed by atoms with van der Waals surface area (Å²) < 4.78 is 26.0. The van der Waals surface area contributed by atoms with Crippen molar-refractivity contribution in [2.75, 3.05) is 13.1 Å². The Morgan fingerprint density at radius 2 is 1.79 bits per heavy atom. The highest BCUT2D eigenvalue weighted by atomic mass is 32.2. The van der Waals surface area contributed by atoms with Crippen LogP contribution in [0.4, 0.5) is 0 Å². The summed E-state index contributed by atoms with van der Waals surface area (Å²) in [5.74, 6) is 0. The van der Waals surface area contributed by atoms with Gasteiger partial charge in [-0.3, -0.25) is 9.78 Å². The van der Waals surface area contributed by atoms with Gasteiger partial charge in [0.25, 0.3) is 5.56 Å². The summed E-state index contributed by atoms with van der Waals surface area (Å²) in [6.45, 7) is 4.31. The standard InChI is InChI=1S/C10H16N4O4S/c1-6-4-14(5-7(2)12-6)19(17,18)8-3-11-10(16)13-9(8)15/h3,6-7,12H,4-5H2,1-2H3,(H2,11,13,15,16). The first-order valence-electron chi connectivity index (χ1n) is 5.89. The number of aromatic amines is 2. The molecular weight excluding hydrogens is 272 g/mol. The molecule has 0 amide bonds. The zero-order chi connectivity index (χ0) is 14.2. The van der Waals surface area contributed by atoms with Gasteiger partial charge in [0.15, 0.2) is 4.90 Å². The van der Waals surface area contributed by atoms with Crippen molar-refractivity contribution in [1.82, 2.24) is 19.6 Å². The van der Waals surface area contributed by atoms with E-state index in [-0.39, 0.29) is 25.2 Å². The van der Waals surface area contributed by atoms with Crippen molar-refractivity contribution >= 4 is 10.0 Å². The topological polar surface area (TPSA) is 115 Å². The van der Waals surface area contributed by atoms with Crippen molar-refractivity contribution in [1.29, 1.82) is 0 Å². The summed E-state index contributed by atoms with van der Waals surface area (Å²) in [6, 6.07) is 0.000681. The molecule has 2 unspecified atom stereocenters. The van der Waals surface area contributed by atoms with E-state index in [1.807, 2.05) is 18.8 Å². The van der Waals surface area contributed by atoms with Crippen molar-refractivity contribution < 1.29 is 8.42 Å². The van der Waals surface area contributed by atoms with Crippen LogP contribution in [0.15, 0.2) is 20.7 Å². The van der Waals surface area contributed by atoms with E-state index in [2.05, 4.69) is 10.3 Å². The van der Waals surface area contributed by atoms with Gasteiger partial charge in [-0.1, -0.05) is 0 Å². The summed E-state index contributed by atoms with van der Waals surface area (Å²) in [6.07, 6.45) is 0.938. The van der Waals surface area contributed by atoms with Crippen LogP contribution in [-0.4, -0.2) is 47.9 Å². The minimum Gasteiger partial charge on any atom is -0.313 e. The van der Waals surface area contributed by atoms with Gasteiger partial charge < -0.3 is 10.3 Å². The number of piperazine rings is 1. The highest BCUT2D eigenvalue weighted by Gasteiger charge is 2.33. The van der Waals surface area contributed by atoms with Crippen molar-refractivity contribution in [2.24, 2.45) is 0 Å². The van der Waals surface area contributed by atoms with Gasteiger partial charge in [0.1, 0.15) is 0 Å². The van der Waals surface area contributed by atoms with Gasteiger partial charge in [0.05, 0.1) is 0 Å². The summed E-state index contributed by atoms with van der Waals surface area (Å²) in [5.41, 5.74) is -1.63. The van der Waals surface area contributed by atoms with E-state index in [0.717, 1.165) is 6.20 Å². The van der Waals surface area contributed by atoms with Gasteiger partial charge in [-0.05, 0) is 13.8 Å². The third-order valence-electron chi connectivity index (χ3n) is 2.93. The van der Waals surface area contributed by atoms with Gasteiger partial charge in [-0.15, -0.1) is 0 Å². The smallest absolute Gasteiger partial charge is 0.313 e. The fourth-order valence-electron chi connectivity index (χ4n) is 2.20. The fourth-order valence-corrected chi connectivity index (χ4v) is 3.81. The normalized spacial score (nSPS) is 25.4. The van der Waals surface area contributed by atoms with Crippen LogP contribution in [0.3, 0.4) is 0 Å². The molecule has 3 N–H and O–H groups in total. The number of nitrogens with zero attached hydrogens (tertiary/aromatic N) is 1. The minimum atomic E-state index is -3.90. The molecule has 0 radical (unpaired) electrons. The summed E-state index contributed by atoms with van der Waals surface area (Å²) in [4.78, 5) is 26.2. The average molecular weight is 288 g/mol. The lowest BCUT2D eigenvalue weighted by atomic mass is 10.2. The molecule has 2 atom stereocenters. The lowest BCUT2D eigenvalue weighted by molar-refractivity contribution is 0.262. The lowest BCUT2D eigenvalue weighted by Crippen LogP contribution is -2.56. The molecule has 0 bridgehead atoms. The second-order valence-electron chi connectivity index (χ2n) is 4.73. The number of rotatable bonds is 2. The molecule has 0 aliphatic carbocycles. The largest absolute Gasteiger partial charge is 0.325 e. The van der Waals surface area contributed by atoms with E-state index >= 15 is 0 Å². The molecule has 0 saturated carbocycles. The van der Waals surface area contributed by atoms with E-state index in [0.29, 0.717) is 0 Å². The predicted octanol–water partition coefficient (Wildman–Crippen LogP) is -1.57. The number of hydrogen-bond acceptors (Lipinski definition) is 5. The number of H-pyrrole nitrogens is 2. The molecule has 1 aromatic rings. The Balaban J connectivity index is 2.42. The SMILES string of the molecule is CC1CN(S(=O)(=O)c2c[nH]c(=O)[nH]c2=O)CC(C)N1. The molecule has 19 heavy (non-hydrogen) atoms. The first-order chi connectivity index (χ1) is 8.80. The van der Waals surface area contributed by atoms with Crippen LogP contribution >= 0.6 is 0 Å². The maximum atomic E-state index is 12.4. The van der Waals surface area contributed by atoms with Crippen LogP contribution < -0.4 is 16.6 Å². The molecule has 106 valence electrons. The summed E-state index contributed by atoms with van der Waals surface area (Å²) >= 11 is 0. The molecule has 1 saturated heterocycles. The summed E-state index contributed by atoms with van der Waals surface area (Å²) in [5, 5.41) is 3.21. The number of aromatic nitrogens is 2. The average Bonchev–Trinajstić information content (AvgIpc) is 2.26. The Morgan fingerprint density at radius 1 is 1.21 bits per heavy atom. The first kappa shape index (κ1) is 14.0. The second kappa shape index (κ2) is 4.91. The lowest BCUT2D eigenvalue weighted by Gasteiger charge is -2.34. The zero-order valence-corrected chi connectivity index (χ0v) is 11.5. The Morgan fingerprint density at radius 3 is 2.32 bits per heavy atom. The van der Waals surface area contributed by atoms with Crippen molar-refractivity contribution in [3.63, 3.8) is 0 Å². The second-order valence-corrected chi connectivity index (χ2v) is 6.63. The molecule has 0 aromatic carbocycles. The zero-order valence-electron chi connectivity index (χ0n) is 10.6. The highest BCUT2D eigenvalue weighted by molar-refractivity contribution is 7.89. The first-order valence-corrected chi connectivity index (χ1v) is 7.33. The van der Waals surface area contributed by atoms with Gasteiger partial charge in [0.2, 0.25) is 10.0 Å². The third kappa shape index (κ3) is 2.77. The Kier molecular flexibility index (Phi) is 3.61. The maximum Gasteiger partial charge on any atom is 0.325 e. The molecule has 1 aliphatic rings. The molecule has 0 spiro atoms. The van der Waals surface area contributed by atoms with E-state index in [9.17, 15) is 18.0 Å². The fraction of sp³-hybridized carbons (Fsp3) is 0.600. The van der Waals surface area contributed by atoms with Crippen molar-refractivity contribution in [3.05, 3.63) is 27.0 Å². The van der Waals surface area contributed by atoms with Crippen LogP contribution in [0, 0.1) is 0 Å². The maximum absolute atomic E-state index is 12.4. The Hall–Kier alpha value is -1.45. The van der Waals surface area contributed by atoms with Crippen molar-refractivity contribution in [3.8, 4) is 0 Å². The van der Waals surface area contributed by atoms with E-state index < -0.39 is 26.2 Å². The van der Waals surface area contributed by atoms with Gasteiger partial charge in [-0.2, -0.15) is 4.31 Å². The molecular formula is C10H16N4O4S. The van der Waals surface area contributed by atoms with E-state index in [1.165, 1.54) is 4.31 Å². The minimum absolute atomic E-state index is 0.000341. The van der Waals surface area contributed by atoms with Crippen LogP contribution in [0.25, 0.3) is 0 Å². The molecule has 2 heterocycles. The molecule has 1 aromatic heterocycles. The number of hydrogen-bond donors (Lipinski definition) is 3. The van der Waals surface area contributed by atoms with Crippen LogP contribution in [0.1, 0.15) is 13.8 Å². The predicted molar refractivity (Wildman–Crippen MR) is 68.5 cm³/mol. The van der Waals surface area contributed by atoms with Gasteiger partial charge in [0, 0.05) is 31.4 Å². The van der Waals surface area contributed by atoms with Crippen LogP contribution in [-0.2, 0) is 10.0 Å². The van der Waals surface area contributed by atoms with Crippen LogP contribution in [0.2, 0.25) is 0 Å². The van der Waals surface area contributed by atoms with E-state index in [1.54, 1.807) is 0 Å². The Bertz CT molecular complexity index is 667. The molecule has 1 aliphatic heterocycles. The van der Waals surface area contributed by atoms with Gasteiger partial charge >= 0.3 is 5.69 Å².